The summed E-state index contributed by atoms with van der Waals surface area (Å²) in [6, 6.07) is 19.9. The Kier molecular flexibility index (Phi) is 6.74. The SMILES string of the molecule is CCCCc1cc(C)c(NC(C)C)c(=O)n1-c1ccccc1-c1ccccc1C#N. The topological polar surface area (TPSA) is 57.8 Å². The first-order valence-corrected chi connectivity index (χ1v) is 10.6. The highest BCUT2D eigenvalue weighted by molar-refractivity contribution is 5.78. The molecule has 0 unspecified atom stereocenters. The fourth-order valence-corrected chi connectivity index (χ4v) is 3.78. The molecule has 0 amide bonds. The van der Waals surface area contributed by atoms with E-state index in [4.69, 9.17) is 0 Å². The van der Waals surface area contributed by atoms with Crippen LogP contribution < -0.4 is 10.9 Å². The summed E-state index contributed by atoms with van der Waals surface area (Å²) >= 11 is 0. The molecule has 0 bridgehead atoms. The van der Waals surface area contributed by atoms with Crippen molar-refractivity contribution < 1.29 is 0 Å². The zero-order chi connectivity index (χ0) is 21.7. The second-order valence-corrected chi connectivity index (χ2v) is 7.91. The number of aromatic nitrogens is 1. The molecule has 1 heterocycles. The number of hydrogen-bond acceptors (Lipinski definition) is 3. The van der Waals surface area contributed by atoms with Gasteiger partial charge in [-0.1, -0.05) is 49.7 Å². The first-order valence-electron chi connectivity index (χ1n) is 10.6. The van der Waals surface area contributed by atoms with Crippen molar-refractivity contribution in [1.29, 1.82) is 5.26 Å². The summed E-state index contributed by atoms with van der Waals surface area (Å²) < 4.78 is 1.83. The summed E-state index contributed by atoms with van der Waals surface area (Å²) in [6.07, 6.45) is 2.88. The molecule has 3 aromatic rings. The van der Waals surface area contributed by atoms with Crippen LogP contribution in [0, 0.1) is 18.3 Å². The van der Waals surface area contributed by atoms with E-state index in [1.807, 2.05) is 73.9 Å². The Labute approximate surface area is 178 Å². The molecule has 0 radical (unpaired) electrons. The van der Waals surface area contributed by atoms with Gasteiger partial charge in [0.1, 0.15) is 5.69 Å². The number of nitrogens with zero attached hydrogens (tertiary/aromatic N) is 2. The lowest BCUT2D eigenvalue weighted by Gasteiger charge is -2.21. The van der Waals surface area contributed by atoms with E-state index in [1.54, 1.807) is 0 Å². The van der Waals surface area contributed by atoms with Gasteiger partial charge in [0, 0.05) is 22.9 Å². The van der Waals surface area contributed by atoms with Gasteiger partial charge in [0.05, 0.1) is 17.3 Å². The van der Waals surface area contributed by atoms with E-state index in [0.717, 1.165) is 47.3 Å². The summed E-state index contributed by atoms with van der Waals surface area (Å²) in [5.74, 6) is 0. The molecule has 0 aliphatic heterocycles. The Morgan fingerprint density at radius 1 is 1.07 bits per heavy atom. The minimum atomic E-state index is -0.0447. The van der Waals surface area contributed by atoms with Crippen LogP contribution in [0.1, 0.15) is 50.4 Å². The first-order chi connectivity index (χ1) is 14.5. The number of para-hydroxylation sites is 1. The third-order valence-electron chi connectivity index (χ3n) is 5.18. The van der Waals surface area contributed by atoms with Crippen LogP contribution in [0.4, 0.5) is 5.69 Å². The molecule has 30 heavy (non-hydrogen) atoms. The van der Waals surface area contributed by atoms with Gasteiger partial charge in [-0.25, -0.2) is 0 Å². The lowest BCUT2D eigenvalue weighted by molar-refractivity contribution is 0.742. The Morgan fingerprint density at radius 3 is 2.40 bits per heavy atom. The van der Waals surface area contributed by atoms with Gasteiger partial charge in [0.2, 0.25) is 0 Å². The maximum absolute atomic E-state index is 13.7. The fraction of sp³-hybridized carbons (Fsp3) is 0.308. The van der Waals surface area contributed by atoms with E-state index in [1.165, 1.54) is 0 Å². The van der Waals surface area contributed by atoms with Crippen LogP contribution in [-0.4, -0.2) is 10.6 Å². The molecule has 1 aromatic heterocycles. The molecule has 0 saturated carbocycles. The summed E-state index contributed by atoms with van der Waals surface area (Å²) in [5.41, 5.74) is 5.67. The highest BCUT2D eigenvalue weighted by Gasteiger charge is 2.18. The summed E-state index contributed by atoms with van der Waals surface area (Å²) in [5, 5.41) is 12.9. The Hall–Kier alpha value is -3.32. The van der Waals surface area contributed by atoms with E-state index >= 15 is 0 Å². The van der Waals surface area contributed by atoms with Gasteiger partial charge in [-0.05, 0) is 57.4 Å². The fourth-order valence-electron chi connectivity index (χ4n) is 3.78. The van der Waals surface area contributed by atoms with Gasteiger partial charge in [0.25, 0.3) is 5.56 Å². The number of anilines is 1. The van der Waals surface area contributed by atoms with Crippen molar-refractivity contribution in [3.63, 3.8) is 0 Å². The molecule has 0 atom stereocenters. The lowest BCUT2D eigenvalue weighted by atomic mass is 9.98. The maximum Gasteiger partial charge on any atom is 0.278 e. The number of aryl methyl sites for hydroxylation is 2. The third-order valence-corrected chi connectivity index (χ3v) is 5.18. The average molecular weight is 400 g/mol. The van der Waals surface area contributed by atoms with Gasteiger partial charge < -0.3 is 5.32 Å². The van der Waals surface area contributed by atoms with Crippen molar-refractivity contribution in [1.82, 2.24) is 4.57 Å². The molecule has 3 rings (SSSR count). The van der Waals surface area contributed by atoms with Gasteiger partial charge >= 0.3 is 0 Å². The first kappa shape index (κ1) is 21.4. The number of nitrogens with one attached hydrogen (secondary N) is 1. The Morgan fingerprint density at radius 2 is 1.73 bits per heavy atom. The van der Waals surface area contributed by atoms with E-state index in [2.05, 4.69) is 24.4 Å². The minimum Gasteiger partial charge on any atom is -0.378 e. The molecule has 0 fully saturated rings. The van der Waals surface area contributed by atoms with Crippen LogP contribution in [-0.2, 0) is 6.42 Å². The van der Waals surface area contributed by atoms with Crippen molar-refractivity contribution in [2.45, 2.75) is 53.0 Å². The molecule has 154 valence electrons. The van der Waals surface area contributed by atoms with E-state index in [-0.39, 0.29) is 11.6 Å². The van der Waals surface area contributed by atoms with E-state index in [0.29, 0.717) is 11.3 Å². The maximum atomic E-state index is 13.7. The smallest absolute Gasteiger partial charge is 0.278 e. The van der Waals surface area contributed by atoms with Gasteiger partial charge in [-0.2, -0.15) is 5.26 Å². The molecule has 0 aliphatic carbocycles. The monoisotopic (exact) mass is 399 g/mol. The Balaban J connectivity index is 2.33. The molecule has 0 spiro atoms. The second kappa shape index (κ2) is 9.45. The number of rotatable bonds is 7. The van der Waals surface area contributed by atoms with Crippen LogP contribution in [0.3, 0.4) is 0 Å². The van der Waals surface area contributed by atoms with Crippen LogP contribution in [0.5, 0.6) is 0 Å². The van der Waals surface area contributed by atoms with Crippen molar-refractivity contribution in [2.24, 2.45) is 0 Å². The van der Waals surface area contributed by atoms with E-state index in [9.17, 15) is 10.1 Å². The Bertz CT molecular complexity index is 1140. The summed E-state index contributed by atoms with van der Waals surface area (Å²) in [6.45, 7) is 8.21. The zero-order valence-corrected chi connectivity index (χ0v) is 18.2. The summed E-state index contributed by atoms with van der Waals surface area (Å²) in [4.78, 5) is 13.7. The van der Waals surface area contributed by atoms with Crippen LogP contribution in [0.2, 0.25) is 0 Å². The number of nitriles is 1. The van der Waals surface area contributed by atoms with Gasteiger partial charge in [-0.15, -0.1) is 0 Å². The zero-order valence-electron chi connectivity index (χ0n) is 18.2. The molecule has 4 nitrogen and oxygen atoms in total. The highest BCUT2D eigenvalue weighted by Crippen LogP contribution is 2.30. The number of unbranched alkanes of at least 4 members (excludes halogenated alkanes) is 1. The van der Waals surface area contributed by atoms with Crippen molar-refractivity contribution in [3.05, 3.63) is 81.8 Å². The van der Waals surface area contributed by atoms with Crippen LogP contribution in [0.25, 0.3) is 16.8 Å². The largest absolute Gasteiger partial charge is 0.378 e. The molecule has 0 saturated heterocycles. The van der Waals surface area contributed by atoms with Gasteiger partial charge in [0.15, 0.2) is 0 Å². The summed E-state index contributed by atoms with van der Waals surface area (Å²) in [7, 11) is 0. The van der Waals surface area contributed by atoms with E-state index < -0.39 is 0 Å². The molecular weight excluding hydrogens is 370 g/mol. The van der Waals surface area contributed by atoms with Crippen molar-refractivity contribution >= 4 is 5.69 Å². The van der Waals surface area contributed by atoms with Crippen molar-refractivity contribution in [2.75, 3.05) is 5.32 Å². The minimum absolute atomic E-state index is 0.0447. The molecule has 2 aromatic carbocycles. The lowest BCUT2D eigenvalue weighted by Crippen LogP contribution is -2.28. The second-order valence-electron chi connectivity index (χ2n) is 7.91. The number of benzene rings is 2. The van der Waals surface area contributed by atoms with Gasteiger partial charge in [-0.3, -0.25) is 9.36 Å². The van der Waals surface area contributed by atoms with Crippen molar-refractivity contribution in [3.8, 4) is 22.9 Å². The predicted octanol–water partition coefficient (Wildman–Crippen LogP) is 5.85. The normalized spacial score (nSPS) is 10.8. The molecule has 0 aliphatic rings. The molecular formula is C26H29N3O. The third kappa shape index (κ3) is 4.31. The number of pyridine rings is 1. The molecule has 1 N–H and O–H groups in total. The quantitative estimate of drug-likeness (QED) is 0.542. The highest BCUT2D eigenvalue weighted by atomic mass is 16.1. The number of hydrogen-bond donors (Lipinski definition) is 1. The molecule has 4 heteroatoms. The van der Waals surface area contributed by atoms with Crippen LogP contribution >= 0.6 is 0 Å². The standard InChI is InChI=1S/C26H29N3O/c1-5-6-12-21-16-19(4)25(28-18(2)3)26(30)29(21)24-15-10-9-14-23(24)22-13-8-7-11-20(22)17-27/h7-11,13-16,18,28H,5-6,12H2,1-4H3. The van der Waals surface area contributed by atoms with Crippen LogP contribution in [0.15, 0.2) is 59.4 Å². The predicted molar refractivity (Wildman–Crippen MR) is 124 cm³/mol. The average Bonchev–Trinajstić information content (AvgIpc) is 2.75.